The van der Waals surface area contributed by atoms with E-state index in [0.29, 0.717) is 12.3 Å². The molecule has 2 aromatic rings. The topological polar surface area (TPSA) is 88.4 Å². The number of sulfonamides is 1. The van der Waals surface area contributed by atoms with E-state index < -0.39 is 16.1 Å². The fourth-order valence-electron chi connectivity index (χ4n) is 2.08. The zero-order valence-electron chi connectivity index (χ0n) is 13.2. The van der Waals surface area contributed by atoms with Crippen LogP contribution in [0.1, 0.15) is 31.6 Å². The molecule has 24 heavy (non-hydrogen) atoms. The Kier molecular flexibility index (Phi) is 6.59. The zero-order chi connectivity index (χ0) is 17.6. The molecule has 1 unspecified atom stereocenters. The minimum absolute atomic E-state index is 0.0384. The van der Waals surface area contributed by atoms with Crippen molar-refractivity contribution < 1.29 is 17.6 Å². The van der Waals surface area contributed by atoms with Crippen LogP contribution in [-0.4, -0.2) is 20.9 Å². The zero-order valence-corrected chi connectivity index (χ0v) is 15.6. The predicted octanol–water partition coefficient (Wildman–Crippen LogP) is 2.98. The molecule has 2 rings (SSSR count). The van der Waals surface area contributed by atoms with E-state index in [9.17, 15) is 13.2 Å². The Morgan fingerprint density at radius 2 is 1.96 bits per heavy atom. The molecule has 2 N–H and O–H groups in total. The van der Waals surface area contributed by atoms with Crippen LogP contribution < -0.4 is 10.0 Å². The van der Waals surface area contributed by atoms with Gasteiger partial charge in [0.2, 0.25) is 15.9 Å². The van der Waals surface area contributed by atoms with E-state index in [2.05, 4.69) is 26.0 Å². The van der Waals surface area contributed by atoms with Crippen molar-refractivity contribution in [2.45, 2.75) is 30.7 Å². The molecule has 0 radical (unpaired) electrons. The van der Waals surface area contributed by atoms with Gasteiger partial charge in [0.25, 0.3) is 0 Å². The van der Waals surface area contributed by atoms with Gasteiger partial charge >= 0.3 is 0 Å². The van der Waals surface area contributed by atoms with Crippen LogP contribution in [0.4, 0.5) is 0 Å². The van der Waals surface area contributed by atoms with Crippen LogP contribution in [0.25, 0.3) is 0 Å². The average Bonchev–Trinajstić information content (AvgIpc) is 3.07. The minimum Gasteiger partial charge on any atom is -0.468 e. The number of hydrogen-bond donors (Lipinski definition) is 2. The third kappa shape index (κ3) is 5.19. The second-order valence-electron chi connectivity index (χ2n) is 5.20. The highest BCUT2D eigenvalue weighted by atomic mass is 79.9. The molecule has 6 nitrogen and oxygen atoms in total. The lowest BCUT2D eigenvalue weighted by atomic mass is 10.1. The largest absolute Gasteiger partial charge is 0.468 e. The van der Waals surface area contributed by atoms with Gasteiger partial charge in [0.15, 0.2) is 0 Å². The van der Waals surface area contributed by atoms with E-state index in [4.69, 9.17) is 4.42 Å². The van der Waals surface area contributed by atoms with Gasteiger partial charge in [0, 0.05) is 11.0 Å². The molecule has 130 valence electrons. The monoisotopic (exact) mass is 414 g/mol. The second-order valence-corrected chi connectivity index (χ2v) is 7.83. The van der Waals surface area contributed by atoms with E-state index >= 15 is 0 Å². The summed E-state index contributed by atoms with van der Waals surface area (Å²) in [5.41, 5.74) is 0. The Hall–Kier alpha value is -1.64. The maximum absolute atomic E-state index is 12.5. The van der Waals surface area contributed by atoms with Crippen LogP contribution in [0.5, 0.6) is 0 Å². The number of benzene rings is 1. The summed E-state index contributed by atoms with van der Waals surface area (Å²) < 4.78 is 33.7. The van der Waals surface area contributed by atoms with E-state index in [1.54, 1.807) is 24.3 Å². The van der Waals surface area contributed by atoms with Crippen molar-refractivity contribution in [2.24, 2.45) is 0 Å². The van der Waals surface area contributed by atoms with Crippen molar-refractivity contribution in [3.8, 4) is 0 Å². The maximum Gasteiger partial charge on any atom is 0.241 e. The molecule has 0 saturated heterocycles. The molecule has 0 fully saturated rings. The molecule has 1 amide bonds. The summed E-state index contributed by atoms with van der Waals surface area (Å²) in [6.45, 7) is 2.49. The predicted molar refractivity (Wildman–Crippen MR) is 93.8 cm³/mol. The fourth-order valence-corrected chi connectivity index (χ4v) is 3.55. The third-order valence-electron chi connectivity index (χ3n) is 3.27. The molecular formula is C16H19BrN2O4S. The average molecular weight is 415 g/mol. The van der Waals surface area contributed by atoms with Gasteiger partial charge in [-0.15, -0.1) is 0 Å². The van der Waals surface area contributed by atoms with Gasteiger partial charge in [0.1, 0.15) is 5.76 Å². The van der Waals surface area contributed by atoms with Gasteiger partial charge in [-0.1, -0.05) is 22.9 Å². The molecule has 0 aliphatic heterocycles. The first-order valence-electron chi connectivity index (χ1n) is 7.50. The summed E-state index contributed by atoms with van der Waals surface area (Å²) >= 11 is 3.27. The van der Waals surface area contributed by atoms with E-state index in [1.807, 2.05) is 6.92 Å². The number of hydrogen-bond acceptors (Lipinski definition) is 4. The number of carbonyl (C=O) groups is 1. The van der Waals surface area contributed by atoms with Gasteiger partial charge in [-0.2, -0.15) is 4.72 Å². The fraction of sp³-hybridized carbons (Fsp3) is 0.312. The summed E-state index contributed by atoms with van der Waals surface area (Å²) in [5, 5.41) is 2.74. The molecule has 1 aromatic carbocycles. The normalized spacial score (nSPS) is 12.8. The van der Waals surface area contributed by atoms with Gasteiger partial charge in [-0.05, 0) is 42.8 Å². The van der Waals surface area contributed by atoms with Crippen molar-refractivity contribution in [2.75, 3.05) is 6.54 Å². The van der Waals surface area contributed by atoms with Crippen molar-refractivity contribution in [3.05, 3.63) is 52.9 Å². The van der Waals surface area contributed by atoms with Crippen LogP contribution in [-0.2, 0) is 14.8 Å². The Labute approximate surface area is 149 Å². The highest BCUT2D eigenvalue weighted by molar-refractivity contribution is 9.10. The highest BCUT2D eigenvalue weighted by Crippen LogP contribution is 2.22. The van der Waals surface area contributed by atoms with Crippen LogP contribution in [0.3, 0.4) is 0 Å². The van der Waals surface area contributed by atoms with E-state index in [1.165, 1.54) is 18.4 Å². The lowest BCUT2D eigenvalue weighted by Gasteiger charge is -2.16. The molecule has 1 heterocycles. The van der Waals surface area contributed by atoms with Gasteiger partial charge in [-0.3, -0.25) is 4.79 Å². The second kappa shape index (κ2) is 8.46. The molecule has 0 aliphatic carbocycles. The van der Waals surface area contributed by atoms with Crippen molar-refractivity contribution in [3.63, 3.8) is 0 Å². The van der Waals surface area contributed by atoms with Crippen LogP contribution >= 0.6 is 15.9 Å². The van der Waals surface area contributed by atoms with Crippen LogP contribution in [0.2, 0.25) is 0 Å². The summed E-state index contributed by atoms with van der Waals surface area (Å²) in [6.07, 6.45) is 2.21. The Morgan fingerprint density at radius 1 is 1.25 bits per heavy atom. The third-order valence-corrected chi connectivity index (χ3v) is 5.29. The standard InChI is InChI=1S/C16H19BrN2O4S/c1-2-9-18-16(20)11-14(15-4-3-10-23-15)19-24(21,22)13-7-5-12(17)6-8-13/h3-8,10,14,19H,2,9,11H2,1H3,(H,18,20). The lowest BCUT2D eigenvalue weighted by molar-refractivity contribution is -0.121. The van der Waals surface area contributed by atoms with Gasteiger partial charge in [0.05, 0.1) is 23.6 Å². The summed E-state index contributed by atoms with van der Waals surface area (Å²) in [6, 6.07) is 8.79. The molecule has 0 saturated carbocycles. The first-order valence-corrected chi connectivity index (χ1v) is 9.78. The first kappa shape index (κ1) is 18.7. The Balaban J connectivity index is 2.18. The summed E-state index contributed by atoms with van der Waals surface area (Å²) in [5.74, 6) is 0.152. The van der Waals surface area contributed by atoms with Gasteiger partial charge < -0.3 is 9.73 Å². The minimum atomic E-state index is -3.78. The smallest absolute Gasteiger partial charge is 0.241 e. The van der Waals surface area contributed by atoms with Crippen LogP contribution in [0.15, 0.2) is 56.4 Å². The molecule has 0 spiro atoms. The number of amides is 1. The number of nitrogens with one attached hydrogen (secondary N) is 2. The number of furan rings is 1. The van der Waals surface area contributed by atoms with E-state index in [0.717, 1.165) is 10.9 Å². The Bertz CT molecular complexity index is 758. The number of carbonyl (C=O) groups excluding carboxylic acids is 1. The molecule has 0 aliphatic rings. The molecule has 1 aromatic heterocycles. The van der Waals surface area contributed by atoms with Crippen molar-refractivity contribution in [1.29, 1.82) is 0 Å². The summed E-state index contributed by atoms with van der Waals surface area (Å²) in [7, 11) is -3.78. The molecule has 8 heteroatoms. The lowest BCUT2D eigenvalue weighted by Crippen LogP contribution is -2.33. The molecular weight excluding hydrogens is 396 g/mol. The number of rotatable bonds is 8. The molecule has 1 atom stereocenters. The highest BCUT2D eigenvalue weighted by Gasteiger charge is 2.25. The summed E-state index contributed by atoms with van der Waals surface area (Å²) in [4.78, 5) is 12.1. The number of halogens is 1. The van der Waals surface area contributed by atoms with Crippen molar-refractivity contribution in [1.82, 2.24) is 10.0 Å². The first-order chi connectivity index (χ1) is 11.4. The van der Waals surface area contributed by atoms with Crippen LogP contribution in [0, 0.1) is 0 Å². The SMILES string of the molecule is CCCNC(=O)CC(NS(=O)(=O)c1ccc(Br)cc1)c1ccco1. The van der Waals surface area contributed by atoms with Crippen molar-refractivity contribution >= 4 is 31.9 Å². The Morgan fingerprint density at radius 3 is 2.54 bits per heavy atom. The quantitative estimate of drug-likeness (QED) is 0.694. The maximum atomic E-state index is 12.5. The van der Waals surface area contributed by atoms with E-state index in [-0.39, 0.29) is 17.2 Å². The molecule has 0 bridgehead atoms. The van der Waals surface area contributed by atoms with Gasteiger partial charge in [-0.25, -0.2) is 8.42 Å².